The average molecular weight is 449 g/mol. The van der Waals surface area contributed by atoms with Crippen LogP contribution in [0, 0.1) is 0 Å². The topological polar surface area (TPSA) is 102 Å². The third-order valence-electron chi connectivity index (χ3n) is 6.14. The molecule has 0 fully saturated rings. The van der Waals surface area contributed by atoms with Gasteiger partial charge in [0.2, 0.25) is 0 Å². The van der Waals surface area contributed by atoms with Crippen molar-refractivity contribution in [2.24, 2.45) is 0 Å². The average Bonchev–Trinajstić information content (AvgIpc) is 3.51. The Labute approximate surface area is 193 Å². The fourth-order valence-electron chi connectivity index (χ4n) is 4.72. The maximum Gasteiger partial charge on any atom is 0.259 e. The van der Waals surface area contributed by atoms with Gasteiger partial charge < -0.3 is 14.2 Å². The molecule has 2 aromatic carbocycles. The summed E-state index contributed by atoms with van der Waals surface area (Å²) < 4.78 is 3.82. The number of nitrogens with zero attached hydrogens (tertiary/aromatic N) is 4. The summed E-state index contributed by atoms with van der Waals surface area (Å²) in [5.41, 5.74) is 4.45. The van der Waals surface area contributed by atoms with Crippen molar-refractivity contribution < 1.29 is 14.7 Å². The van der Waals surface area contributed by atoms with E-state index in [0.29, 0.717) is 28.8 Å². The highest BCUT2D eigenvalue weighted by Crippen LogP contribution is 2.39. The van der Waals surface area contributed by atoms with E-state index in [1.165, 1.54) is 6.33 Å². The Balaban J connectivity index is 1.66. The van der Waals surface area contributed by atoms with E-state index in [4.69, 9.17) is 0 Å². The van der Waals surface area contributed by atoms with E-state index in [0.717, 1.165) is 27.5 Å². The summed E-state index contributed by atoms with van der Waals surface area (Å²) in [6.07, 6.45) is 8.53. The normalized spacial score (nSPS) is 13.9. The van der Waals surface area contributed by atoms with Crippen molar-refractivity contribution in [1.29, 1.82) is 0 Å². The SMILES string of the molecule is O=C1NC(=O)C(c2cn(-c3cncnc3)c3ccccc23)=C1c1cn(CCO)c2ccccc12. The first-order valence-electron chi connectivity index (χ1n) is 10.8. The molecule has 0 spiro atoms. The van der Waals surface area contributed by atoms with Gasteiger partial charge in [-0.05, 0) is 12.1 Å². The molecule has 6 rings (SSSR count). The summed E-state index contributed by atoms with van der Waals surface area (Å²) in [6.45, 7) is 0.341. The van der Waals surface area contributed by atoms with Crippen molar-refractivity contribution in [2.45, 2.75) is 6.54 Å². The fourth-order valence-corrected chi connectivity index (χ4v) is 4.72. The summed E-state index contributed by atoms with van der Waals surface area (Å²) in [4.78, 5) is 34.5. The van der Waals surface area contributed by atoms with Gasteiger partial charge in [-0.25, -0.2) is 9.97 Å². The van der Waals surface area contributed by atoms with Crippen LogP contribution in [0.3, 0.4) is 0 Å². The number of hydrogen-bond acceptors (Lipinski definition) is 5. The number of aromatic nitrogens is 4. The van der Waals surface area contributed by atoms with Crippen LogP contribution in [0.5, 0.6) is 0 Å². The summed E-state index contributed by atoms with van der Waals surface area (Å²) in [6, 6.07) is 15.4. The number of amides is 2. The summed E-state index contributed by atoms with van der Waals surface area (Å²) in [5, 5.41) is 13.7. The molecule has 8 nitrogen and oxygen atoms in total. The zero-order valence-corrected chi connectivity index (χ0v) is 18.0. The Kier molecular flexibility index (Phi) is 4.60. The standard InChI is InChI=1S/C26H19N5O3/c32-10-9-30-13-19(17-5-1-3-7-21(17)30)23-24(26(34)29-25(23)33)20-14-31(16-11-27-15-28-12-16)22-8-4-2-6-18(20)22/h1-8,11-15,32H,9-10H2,(H,29,33,34). The van der Waals surface area contributed by atoms with E-state index in [1.807, 2.05) is 70.1 Å². The summed E-state index contributed by atoms with van der Waals surface area (Å²) >= 11 is 0. The molecule has 166 valence electrons. The molecule has 1 aliphatic rings. The number of carbonyl (C=O) groups excluding carboxylic acids is 2. The minimum absolute atomic E-state index is 0.0399. The second-order valence-corrected chi connectivity index (χ2v) is 8.04. The number of para-hydroxylation sites is 2. The highest BCUT2D eigenvalue weighted by atomic mass is 16.3. The van der Waals surface area contributed by atoms with Gasteiger partial charge in [-0.3, -0.25) is 14.9 Å². The van der Waals surface area contributed by atoms with Gasteiger partial charge in [0, 0.05) is 46.4 Å². The number of hydrogen-bond donors (Lipinski definition) is 2. The minimum atomic E-state index is -0.439. The van der Waals surface area contributed by atoms with Gasteiger partial charge in [0.25, 0.3) is 11.8 Å². The number of aliphatic hydroxyl groups excluding tert-OH is 1. The Morgan fingerprint density at radius 3 is 2.06 bits per heavy atom. The molecule has 3 aromatic heterocycles. The molecule has 0 saturated heterocycles. The van der Waals surface area contributed by atoms with E-state index in [1.54, 1.807) is 12.4 Å². The first-order valence-corrected chi connectivity index (χ1v) is 10.8. The number of aliphatic hydroxyl groups is 1. The maximum atomic E-state index is 13.2. The molecule has 0 atom stereocenters. The van der Waals surface area contributed by atoms with Crippen LogP contribution in [0.2, 0.25) is 0 Å². The largest absolute Gasteiger partial charge is 0.395 e. The van der Waals surface area contributed by atoms with E-state index in [2.05, 4.69) is 15.3 Å². The number of nitrogens with one attached hydrogen (secondary N) is 1. The lowest BCUT2D eigenvalue weighted by atomic mass is 9.95. The van der Waals surface area contributed by atoms with Crippen molar-refractivity contribution in [2.75, 3.05) is 6.61 Å². The van der Waals surface area contributed by atoms with Gasteiger partial charge in [-0.2, -0.15) is 0 Å². The number of carbonyl (C=O) groups is 2. The van der Waals surface area contributed by atoms with Crippen molar-refractivity contribution in [3.63, 3.8) is 0 Å². The molecule has 0 aliphatic carbocycles. The lowest BCUT2D eigenvalue weighted by molar-refractivity contribution is -0.122. The monoisotopic (exact) mass is 449 g/mol. The molecule has 0 radical (unpaired) electrons. The third-order valence-corrected chi connectivity index (χ3v) is 6.14. The molecular formula is C26H19N5O3. The zero-order valence-electron chi connectivity index (χ0n) is 18.0. The molecule has 8 heteroatoms. The molecule has 4 heterocycles. The molecule has 5 aromatic rings. The van der Waals surface area contributed by atoms with Crippen molar-refractivity contribution in [3.8, 4) is 5.69 Å². The first kappa shape index (κ1) is 20.1. The highest BCUT2D eigenvalue weighted by molar-refractivity contribution is 6.50. The lowest BCUT2D eigenvalue weighted by Crippen LogP contribution is -2.22. The van der Waals surface area contributed by atoms with Crippen LogP contribution in [0.15, 0.2) is 79.6 Å². The van der Waals surface area contributed by atoms with Crippen LogP contribution in [0.4, 0.5) is 0 Å². The minimum Gasteiger partial charge on any atom is -0.395 e. The van der Waals surface area contributed by atoms with E-state index >= 15 is 0 Å². The third kappa shape index (κ3) is 2.96. The predicted octanol–water partition coefficient (Wildman–Crippen LogP) is 2.93. The van der Waals surface area contributed by atoms with Gasteiger partial charge in [0.1, 0.15) is 6.33 Å². The second-order valence-electron chi connectivity index (χ2n) is 8.04. The van der Waals surface area contributed by atoms with Crippen molar-refractivity contribution >= 4 is 44.8 Å². The van der Waals surface area contributed by atoms with Crippen molar-refractivity contribution in [3.05, 3.63) is 90.8 Å². The number of benzene rings is 2. The van der Waals surface area contributed by atoms with Gasteiger partial charge in [0.05, 0.1) is 41.4 Å². The molecule has 0 unspecified atom stereocenters. The van der Waals surface area contributed by atoms with Gasteiger partial charge >= 0.3 is 0 Å². The van der Waals surface area contributed by atoms with Crippen LogP contribution in [0.25, 0.3) is 38.6 Å². The molecule has 2 N–H and O–H groups in total. The van der Waals surface area contributed by atoms with E-state index in [9.17, 15) is 14.7 Å². The molecule has 2 amide bonds. The van der Waals surface area contributed by atoms with Crippen LogP contribution in [-0.4, -0.2) is 42.6 Å². The Morgan fingerprint density at radius 2 is 1.38 bits per heavy atom. The second kappa shape index (κ2) is 7.79. The fraction of sp³-hybridized carbons (Fsp3) is 0.0769. The maximum absolute atomic E-state index is 13.2. The van der Waals surface area contributed by atoms with Crippen LogP contribution >= 0.6 is 0 Å². The quantitative estimate of drug-likeness (QED) is 0.402. The lowest BCUT2D eigenvalue weighted by Gasteiger charge is -2.03. The van der Waals surface area contributed by atoms with E-state index < -0.39 is 11.8 Å². The Hall–Kier alpha value is -4.56. The Morgan fingerprint density at radius 1 is 0.794 bits per heavy atom. The van der Waals surface area contributed by atoms with Crippen molar-refractivity contribution in [1.82, 2.24) is 24.4 Å². The Bertz CT molecular complexity index is 1630. The summed E-state index contributed by atoms with van der Waals surface area (Å²) in [5.74, 6) is -0.877. The van der Waals surface area contributed by atoms with Crippen LogP contribution in [-0.2, 0) is 16.1 Å². The van der Waals surface area contributed by atoms with Crippen LogP contribution < -0.4 is 5.32 Å². The predicted molar refractivity (Wildman–Crippen MR) is 128 cm³/mol. The number of rotatable bonds is 5. The van der Waals surface area contributed by atoms with Crippen LogP contribution in [0.1, 0.15) is 11.1 Å². The molecule has 0 bridgehead atoms. The molecule has 34 heavy (non-hydrogen) atoms. The highest BCUT2D eigenvalue weighted by Gasteiger charge is 2.35. The zero-order chi connectivity index (χ0) is 23.2. The van der Waals surface area contributed by atoms with Gasteiger partial charge in [-0.1, -0.05) is 36.4 Å². The summed E-state index contributed by atoms with van der Waals surface area (Å²) in [7, 11) is 0. The smallest absolute Gasteiger partial charge is 0.259 e. The molecule has 0 saturated carbocycles. The molecule has 1 aliphatic heterocycles. The first-order chi connectivity index (χ1) is 16.7. The molecular weight excluding hydrogens is 430 g/mol. The number of fused-ring (bicyclic) bond motifs is 2. The van der Waals surface area contributed by atoms with Gasteiger partial charge in [-0.15, -0.1) is 0 Å². The van der Waals surface area contributed by atoms with E-state index in [-0.39, 0.29) is 6.61 Å². The number of imide groups is 1. The van der Waals surface area contributed by atoms with Gasteiger partial charge in [0.15, 0.2) is 0 Å².